The SMILES string of the molecule is C.C.CC.CC.CC.CC.CC.CC.CCC. The van der Waals surface area contributed by atoms with Gasteiger partial charge in [-0.25, -0.2) is 0 Å². The molecule has 0 nitrogen and oxygen atoms in total. The van der Waals surface area contributed by atoms with Gasteiger partial charge in [0.2, 0.25) is 0 Å². The lowest BCUT2D eigenvalue weighted by Crippen LogP contribution is -1.27. The Morgan fingerprint density at radius 2 is 0.353 bits per heavy atom. The van der Waals surface area contributed by atoms with Crippen LogP contribution in [0.3, 0.4) is 0 Å². The van der Waals surface area contributed by atoms with Gasteiger partial charge in [0.25, 0.3) is 0 Å². The molecule has 0 aromatic carbocycles. The van der Waals surface area contributed by atoms with E-state index in [0.717, 1.165) is 0 Å². The molecule has 0 heterocycles. The van der Waals surface area contributed by atoms with E-state index in [-0.39, 0.29) is 14.9 Å². The summed E-state index contributed by atoms with van der Waals surface area (Å²) in [6.07, 6.45) is 1.25. The Hall–Kier alpha value is 0. The van der Waals surface area contributed by atoms with Crippen molar-refractivity contribution >= 4 is 0 Å². The monoisotopic (exact) mass is 256 g/mol. The molecule has 0 atom stereocenters. The first-order valence-corrected chi connectivity index (χ1v) is 7.41. The summed E-state index contributed by atoms with van der Waals surface area (Å²) < 4.78 is 0. The predicted octanol–water partition coefficient (Wildman–Crippen LogP) is 8.85. The van der Waals surface area contributed by atoms with Crippen LogP contribution >= 0.6 is 0 Å². The second-order valence-corrected chi connectivity index (χ2v) is 0.707. The molecule has 0 aromatic rings. The molecule has 0 heteroatoms. The molecule has 0 amide bonds. The Balaban J connectivity index is -0.00000000620. The van der Waals surface area contributed by atoms with Crippen LogP contribution in [0, 0.1) is 0 Å². The smallest absolute Gasteiger partial charge is 0.0590 e. The average molecular weight is 257 g/mol. The third-order valence-corrected chi connectivity index (χ3v) is 0. The van der Waals surface area contributed by atoms with Gasteiger partial charge in [-0.15, -0.1) is 0 Å². The van der Waals surface area contributed by atoms with Crippen molar-refractivity contribution in [1.82, 2.24) is 0 Å². The maximum Gasteiger partial charge on any atom is -0.0590 e. The van der Waals surface area contributed by atoms with E-state index in [4.69, 9.17) is 0 Å². The van der Waals surface area contributed by atoms with Crippen LogP contribution in [-0.4, -0.2) is 0 Å². The molecule has 0 fully saturated rings. The molecule has 0 bridgehead atoms. The summed E-state index contributed by atoms with van der Waals surface area (Å²) in [5.74, 6) is 0. The van der Waals surface area contributed by atoms with Gasteiger partial charge in [0.15, 0.2) is 0 Å². The number of hydrogen-bond acceptors (Lipinski definition) is 0. The molecular weight excluding hydrogens is 204 g/mol. The molecule has 0 spiro atoms. The zero-order valence-corrected chi connectivity index (χ0v) is 14.7. The normalized spacial score (nSPS) is 3.18. The third kappa shape index (κ3) is 0. The van der Waals surface area contributed by atoms with Crippen LogP contribution in [-0.2, 0) is 0 Å². The van der Waals surface area contributed by atoms with Gasteiger partial charge in [0.05, 0.1) is 0 Å². The molecule has 0 aliphatic rings. The first kappa shape index (κ1) is 68.0. The molecule has 0 aliphatic carbocycles. The Morgan fingerprint density at radius 3 is 0.353 bits per heavy atom. The summed E-state index contributed by atoms with van der Waals surface area (Å²) in [5, 5.41) is 0. The molecule has 17 heavy (non-hydrogen) atoms. The minimum Gasteiger partial charge on any atom is -0.0776 e. The van der Waals surface area contributed by atoms with Crippen LogP contribution in [0.4, 0.5) is 0 Å². The molecule has 0 N–H and O–H groups in total. The standard InChI is InChI=1S/C3H8.6C2H6.2CH4/c1-3-2;6*1-2;;/h3H2,1-2H3;6*1-2H3;2*1H4. The summed E-state index contributed by atoms with van der Waals surface area (Å²) in [6, 6.07) is 0. The van der Waals surface area contributed by atoms with E-state index >= 15 is 0 Å². The van der Waals surface area contributed by atoms with Crippen molar-refractivity contribution in [3.8, 4) is 0 Å². The van der Waals surface area contributed by atoms with Crippen LogP contribution in [0.2, 0.25) is 0 Å². The van der Waals surface area contributed by atoms with Crippen molar-refractivity contribution in [2.75, 3.05) is 0 Å². The van der Waals surface area contributed by atoms with E-state index < -0.39 is 0 Å². The zero-order valence-electron chi connectivity index (χ0n) is 14.7. The van der Waals surface area contributed by atoms with Gasteiger partial charge in [-0.2, -0.15) is 0 Å². The average Bonchev–Trinajstić information content (AvgIpc) is 2.44. The molecular formula is C17H52. The van der Waals surface area contributed by atoms with Gasteiger partial charge in [-0.3, -0.25) is 0 Å². The topological polar surface area (TPSA) is 0 Å². The maximum atomic E-state index is 2.12. The summed E-state index contributed by atoms with van der Waals surface area (Å²) in [5.41, 5.74) is 0. The highest BCUT2D eigenvalue weighted by Crippen LogP contribution is 1.56. The van der Waals surface area contributed by atoms with E-state index in [9.17, 15) is 0 Å². The van der Waals surface area contributed by atoms with Crippen LogP contribution < -0.4 is 0 Å². The first-order valence-electron chi connectivity index (χ1n) is 7.41. The van der Waals surface area contributed by atoms with E-state index in [2.05, 4.69) is 13.8 Å². The van der Waals surface area contributed by atoms with Crippen molar-refractivity contribution in [3.63, 3.8) is 0 Å². The van der Waals surface area contributed by atoms with Crippen molar-refractivity contribution in [1.29, 1.82) is 0 Å². The molecule has 0 radical (unpaired) electrons. The molecule has 0 saturated heterocycles. The molecule has 0 saturated carbocycles. The van der Waals surface area contributed by atoms with Gasteiger partial charge in [0, 0.05) is 0 Å². The van der Waals surface area contributed by atoms with Gasteiger partial charge >= 0.3 is 0 Å². The number of rotatable bonds is 0. The van der Waals surface area contributed by atoms with E-state index in [1.807, 2.05) is 83.1 Å². The zero-order chi connectivity index (χ0) is 14.7. The number of hydrogen-bond donors (Lipinski definition) is 0. The van der Waals surface area contributed by atoms with Gasteiger partial charge in [0.1, 0.15) is 0 Å². The largest absolute Gasteiger partial charge is 0.0776 e. The second-order valence-electron chi connectivity index (χ2n) is 0.707. The summed E-state index contributed by atoms with van der Waals surface area (Å²) in [6.45, 7) is 28.2. The maximum absolute atomic E-state index is 2.12. The summed E-state index contributed by atoms with van der Waals surface area (Å²) >= 11 is 0. The van der Waals surface area contributed by atoms with E-state index in [1.54, 1.807) is 0 Å². The Labute approximate surface area is 119 Å². The highest BCUT2D eigenvalue weighted by Gasteiger charge is 1.35. The molecule has 0 unspecified atom stereocenters. The second kappa shape index (κ2) is 3600. The Bertz CT molecular complexity index is 0. The van der Waals surface area contributed by atoms with E-state index in [1.165, 1.54) is 6.42 Å². The minimum absolute atomic E-state index is 0. The summed E-state index contributed by atoms with van der Waals surface area (Å²) in [4.78, 5) is 0. The predicted molar refractivity (Wildman–Crippen MR) is 97.5 cm³/mol. The van der Waals surface area contributed by atoms with Gasteiger partial charge in [-0.1, -0.05) is 118 Å². The van der Waals surface area contributed by atoms with Crippen molar-refractivity contribution in [2.45, 2.75) is 118 Å². The highest BCUT2D eigenvalue weighted by molar-refractivity contribution is 3.92. The van der Waals surface area contributed by atoms with Crippen LogP contribution in [0.15, 0.2) is 0 Å². The van der Waals surface area contributed by atoms with Crippen LogP contribution in [0.1, 0.15) is 118 Å². The Morgan fingerprint density at radius 1 is 0.353 bits per heavy atom. The summed E-state index contributed by atoms with van der Waals surface area (Å²) in [7, 11) is 0. The van der Waals surface area contributed by atoms with Crippen molar-refractivity contribution in [2.24, 2.45) is 0 Å². The quantitative estimate of drug-likeness (QED) is 0.406. The van der Waals surface area contributed by atoms with Crippen LogP contribution in [0.25, 0.3) is 0 Å². The minimum atomic E-state index is 0. The first-order chi connectivity index (χ1) is 7.41. The lowest BCUT2D eigenvalue weighted by molar-refractivity contribution is 1.09. The van der Waals surface area contributed by atoms with Crippen LogP contribution in [0.5, 0.6) is 0 Å². The fraction of sp³-hybridized carbons (Fsp3) is 1.00. The fourth-order valence-corrected chi connectivity index (χ4v) is 0. The van der Waals surface area contributed by atoms with Crippen molar-refractivity contribution in [3.05, 3.63) is 0 Å². The fourth-order valence-electron chi connectivity index (χ4n) is 0. The molecule has 0 aliphatic heterocycles. The molecule has 0 aromatic heterocycles. The molecule has 0 rings (SSSR count). The van der Waals surface area contributed by atoms with E-state index in [0.29, 0.717) is 0 Å². The third-order valence-electron chi connectivity index (χ3n) is 0. The lowest BCUT2D eigenvalue weighted by Gasteiger charge is -1.48. The molecule has 120 valence electrons. The van der Waals surface area contributed by atoms with Crippen molar-refractivity contribution < 1.29 is 0 Å². The lowest BCUT2D eigenvalue weighted by atomic mass is 10.6. The Kier molecular flexibility index (Phi) is 14400. The van der Waals surface area contributed by atoms with Gasteiger partial charge in [-0.05, 0) is 0 Å². The van der Waals surface area contributed by atoms with Gasteiger partial charge < -0.3 is 0 Å². The highest BCUT2D eigenvalue weighted by atomic mass is 13.4.